The summed E-state index contributed by atoms with van der Waals surface area (Å²) in [6.07, 6.45) is 0. The lowest BCUT2D eigenvalue weighted by Crippen LogP contribution is -2.48. The van der Waals surface area contributed by atoms with Gasteiger partial charge in [-0.15, -0.1) is 11.8 Å². The van der Waals surface area contributed by atoms with Crippen molar-refractivity contribution in [3.8, 4) is 0 Å². The van der Waals surface area contributed by atoms with Crippen LogP contribution in [-0.4, -0.2) is 37.0 Å². The standard InChI is InChI=1S/C24H23ClN2OS/c25-21-5-4-6-22(17-21)26-13-15-27(16-14-26)24(28)20-11-9-19(10-12-20)18-29-23-7-2-1-3-8-23/h1-12,17H,13-16,18H2. The van der Waals surface area contributed by atoms with Gasteiger partial charge in [-0.25, -0.2) is 0 Å². The molecule has 0 unspecified atom stereocenters. The predicted octanol–water partition coefficient (Wildman–Crippen LogP) is 5.59. The van der Waals surface area contributed by atoms with Crippen molar-refractivity contribution in [3.05, 3.63) is 95.0 Å². The molecule has 0 atom stereocenters. The molecular formula is C24H23ClN2OS. The third-order valence-electron chi connectivity index (χ3n) is 5.09. The van der Waals surface area contributed by atoms with Crippen LogP contribution in [0.3, 0.4) is 0 Å². The molecule has 3 aromatic carbocycles. The van der Waals surface area contributed by atoms with Crippen LogP contribution in [0.5, 0.6) is 0 Å². The Hall–Kier alpha value is -2.43. The summed E-state index contributed by atoms with van der Waals surface area (Å²) in [6.45, 7) is 3.07. The van der Waals surface area contributed by atoms with Crippen molar-refractivity contribution >= 4 is 35.0 Å². The second-order valence-electron chi connectivity index (χ2n) is 7.06. The van der Waals surface area contributed by atoms with Crippen molar-refractivity contribution < 1.29 is 4.79 Å². The molecule has 4 rings (SSSR count). The highest BCUT2D eigenvalue weighted by atomic mass is 35.5. The van der Waals surface area contributed by atoms with E-state index in [1.165, 1.54) is 10.5 Å². The fraction of sp³-hybridized carbons (Fsp3) is 0.208. The maximum atomic E-state index is 12.9. The Labute approximate surface area is 181 Å². The van der Waals surface area contributed by atoms with Crippen LogP contribution in [0, 0.1) is 0 Å². The highest BCUT2D eigenvalue weighted by Crippen LogP contribution is 2.23. The Kier molecular flexibility index (Phi) is 6.43. The number of benzene rings is 3. The highest BCUT2D eigenvalue weighted by Gasteiger charge is 2.22. The van der Waals surface area contributed by atoms with Crippen LogP contribution in [0.1, 0.15) is 15.9 Å². The summed E-state index contributed by atoms with van der Waals surface area (Å²) in [5.41, 5.74) is 3.10. The van der Waals surface area contributed by atoms with Crippen molar-refractivity contribution in [2.45, 2.75) is 10.6 Å². The van der Waals surface area contributed by atoms with Crippen LogP contribution in [0.2, 0.25) is 5.02 Å². The number of carbonyl (C=O) groups excluding carboxylic acids is 1. The molecule has 0 spiro atoms. The van der Waals surface area contributed by atoms with Gasteiger partial charge in [0.05, 0.1) is 0 Å². The molecule has 3 nitrogen and oxygen atoms in total. The van der Waals surface area contributed by atoms with E-state index in [2.05, 4.69) is 47.4 Å². The lowest BCUT2D eigenvalue weighted by Gasteiger charge is -2.36. The first-order valence-corrected chi connectivity index (χ1v) is 11.1. The Morgan fingerprint density at radius 2 is 1.59 bits per heavy atom. The van der Waals surface area contributed by atoms with Crippen LogP contribution in [-0.2, 0) is 5.75 Å². The van der Waals surface area contributed by atoms with Gasteiger partial charge in [-0.05, 0) is 48.0 Å². The molecule has 148 valence electrons. The maximum absolute atomic E-state index is 12.9. The average Bonchev–Trinajstić information content (AvgIpc) is 2.78. The number of amides is 1. The van der Waals surface area contributed by atoms with E-state index in [0.29, 0.717) is 0 Å². The van der Waals surface area contributed by atoms with E-state index in [1.807, 2.05) is 41.3 Å². The largest absolute Gasteiger partial charge is 0.368 e. The number of carbonyl (C=O) groups is 1. The number of hydrogen-bond donors (Lipinski definition) is 0. The van der Waals surface area contributed by atoms with Crippen molar-refractivity contribution in [1.82, 2.24) is 4.90 Å². The van der Waals surface area contributed by atoms with Gasteiger partial charge < -0.3 is 9.80 Å². The molecule has 1 aliphatic heterocycles. The van der Waals surface area contributed by atoms with Gasteiger partial charge in [0.25, 0.3) is 5.91 Å². The number of thioether (sulfide) groups is 1. The topological polar surface area (TPSA) is 23.6 Å². The van der Waals surface area contributed by atoms with Gasteiger partial charge in [-0.1, -0.05) is 48.0 Å². The first kappa shape index (κ1) is 19.9. The van der Waals surface area contributed by atoms with Gasteiger partial charge in [-0.3, -0.25) is 4.79 Å². The van der Waals surface area contributed by atoms with E-state index in [9.17, 15) is 4.79 Å². The van der Waals surface area contributed by atoms with Gasteiger partial charge in [0.2, 0.25) is 0 Å². The van der Waals surface area contributed by atoms with Crippen molar-refractivity contribution in [1.29, 1.82) is 0 Å². The normalized spacial score (nSPS) is 14.1. The molecule has 0 saturated carbocycles. The number of piperazine rings is 1. The van der Waals surface area contributed by atoms with E-state index in [-0.39, 0.29) is 5.91 Å². The summed E-state index contributed by atoms with van der Waals surface area (Å²) < 4.78 is 0. The monoisotopic (exact) mass is 422 g/mol. The summed E-state index contributed by atoms with van der Waals surface area (Å²) in [4.78, 5) is 18.3. The SMILES string of the molecule is O=C(c1ccc(CSc2ccccc2)cc1)N1CCN(c2cccc(Cl)c2)CC1. The highest BCUT2D eigenvalue weighted by molar-refractivity contribution is 7.98. The zero-order chi connectivity index (χ0) is 20.1. The Morgan fingerprint density at radius 1 is 0.862 bits per heavy atom. The molecule has 1 amide bonds. The van der Waals surface area contributed by atoms with E-state index in [4.69, 9.17) is 11.6 Å². The average molecular weight is 423 g/mol. The fourth-order valence-corrected chi connectivity index (χ4v) is 4.51. The van der Waals surface area contributed by atoms with Crippen LogP contribution < -0.4 is 4.90 Å². The van der Waals surface area contributed by atoms with Crippen molar-refractivity contribution in [3.63, 3.8) is 0 Å². The minimum atomic E-state index is 0.109. The van der Waals surface area contributed by atoms with Crippen LogP contribution in [0.15, 0.2) is 83.8 Å². The number of halogens is 1. The van der Waals surface area contributed by atoms with Crippen LogP contribution in [0.4, 0.5) is 5.69 Å². The molecule has 1 aliphatic rings. The smallest absolute Gasteiger partial charge is 0.253 e. The first-order valence-electron chi connectivity index (χ1n) is 9.76. The zero-order valence-electron chi connectivity index (χ0n) is 16.1. The number of hydrogen-bond acceptors (Lipinski definition) is 3. The lowest BCUT2D eigenvalue weighted by molar-refractivity contribution is 0.0747. The Balaban J connectivity index is 1.31. The molecule has 0 aliphatic carbocycles. The van der Waals surface area contributed by atoms with Crippen LogP contribution >= 0.6 is 23.4 Å². The third-order valence-corrected chi connectivity index (χ3v) is 6.41. The molecule has 0 radical (unpaired) electrons. The molecule has 1 saturated heterocycles. The molecule has 3 aromatic rings. The Morgan fingerprint density at radius 3 is 2.28 bits per heavy atom. The Bertz CT molecular complexity index is 954. The van der Waals surface area contributed by atoms with E-state index in [0.717, 1.165) is 48.2 Å². The quantitative estimate of drug-likeness (QED) is 0.500. The molecule has 1 heterocycles. The predicted molar refractivity (Wildman–Crippen MR) is 122 cm³/mol. The van der Waals surface area contributed by atoms with E-state index >= 15 is 0 Å². The van der Waals surface area contributed by atoms with E-state index < -0.39 is 0 Å². The lowest BCUT2D eigenvalue weighted by atomic mass is 10.1. The first-order chi connectivity index (χ1) is 14.2. The molecule has 0 N–H and O–H groups in total. The zero-order valence-corrected chi connectivity index (χ0v) is 17.7. The molecule has 5 heteroatoms. The van der Waals surface area contributed by atoms with Gasteiger partial charge in [0, 0.05) is 53.1 Å². The molecule has 0 bridgehead atoms. The fourth-order valence-electron chi connectivity index (χ4n) is 3.45. The summed E-state index contributed by atoms with van der Waals surface area (Å²) in [7, 11) is 0. The third kappa shape index (κ3) is 5.14. The second kappa shape index (κ2) is 9.38. The minimum Gasteiger partial charge on any atom is -0.368 e. The number of nitrogens with zero attached hydrogens (tertiary/aromatic N) is 2. The van der Waals surface area contributed by atoms with Gasteiger partial charge in [0.1, 0.15) is 0 Å². The second-order valence-corrected chi connectivity index (χ2v) is 8.54. The van der Waals surface area contributed by atoms with Gasteiger partial charge in [0.15, 0.2) is 0 Å². The summed E-state index contributed by atoms with van der Waals surface area (Å²) in [5, 5.41) is 0.742. The molecule has 1 fully saturated rings. The van der Waals surface area contributed by atoms with Crippen molar-refractivity contribution in [2.24, 2.45) is 0 Å². The summed E-state index contributed by atoms with van der Waals surface area (Å²) in [6, 6.07) is 26.3. The minimum absolute atomic E-state index is 0.109. The molecule has 0 aromatic heterocycles. The molecule has 29 heavy (non-hydrogen) atoms. The summed E-state index contributed by atoms with van der Waals surface area (Å²) >= 11 is 7.91. The number of rotatable bonds is 5. The van der Waals surface area contributed by atoms with Crippen LogP contribution in [0.25, 0.3) is 0 Å². The van der Waals surface area contributed by atoms with Crippen molar-refractivity contribution in [2.75, 3.05) is 31.1 Å². The maximum Gasteiger partial charge on any atom is 0.253 e. The van der Waals surface area contributed by atoms with Gasteiger partial charge >= 0.3 is 0 Å². The number of anilines is 1. The van der Waals surface area contributed by atoms with E-state index in [1.54, 1.807) is 11.8 Å². The summed E-state index contributed by atoms with van der Waals surface area (Å²) in [5.74, 6) is 1.01. The van der Waals surface area contributed by atoms with Gasteiger partial charge in [-0.2, -0.15) is 0 Å². The molecular weight excluding hydrogens is 400 g/mol.